The summed E-state index contributed by atoms with van der Waals surface area (Å²) in [5.41, 5.74) is 2.47. The van der Waals surface area contributed by atoms with Crippen LogP contribution in [0.3, 0.4) is 0 Å². The van der Waals surface area contributed by atoms with Gasteiger partial charge >= 0.3 is 0 Å². The van der Waals surface area contributed by atoms with Gasteiger partial charge in [-0.1, -0.05) is 24.3 Å². The first kappa shape index (κ1) is 17.7. The number of carbonyl (C=O) groups excluding carboxylic acids is 1. The average molecular weight is 353 g/mol. The molecule has 0 N–H and O–H groups in total. The number of carbonyl (C=O) groups is 1. The van der Waals surface area contributed by atoms with Gasteiger partial charge in [0.1, 0.15) is 0 Å². The number of rotatable bonds is 6. The Kier molecular flexibility index (Phi) is 5.31. The summed E-state index contributed by atoms with van der Waals surface area (Å²) < 4.78 is 20.4. The number of methoxy groups -OCH3 is 1. The van der Waals surface area contributed by atoms with Gasteiger partial charge in [0, 0.05) is 19.8 Å². The normalized spacial score (nSPS) is 10.6. The number of aromatic nitrogens is 2. The summed E-state index contributed by atoms with van der Waals surface area (Å²) in [7, 11) is 3.12. The fourth-order valence-electron chi connectivity index (χ4n) is 2.65. The van der Waals surface area contributed by atoms with Crippen LogP contribution in [0.25, 0.3) is 5.69 Å². The number of nitrogens with zero attached hydrogens (tertiary/aromatic N) is 3. The van der Waals surface area contributed by atoms with Crippen LogP contribution in [0.4, 0.5) is 4.39 Å². The van der Waals surface area contributed by atoms with Crippen molar-refractivity contribution in [2.24, 2.45) is 0 Å². The largest absolute Gasteiger partial charge is 0.494 e. The smallest absolute Gasteiger partial charge is 0.227 e. The van der Waals surface area contributed by atoms with E-state index in [1.807, 2.05) is 36.5 Å². The fourth-order valence-corrected chi connectivity index (χ4v) is 2.65. The number of ether oxygens (including phenoxy) is 1. The third-order valence-corrected chi connectivity index (χ3v) is 4.07. The Labute approximate surface area is 151 Å². The summed E-state index contributed by atoms with van der Waals surface area (Å²) in [5, 5.41) is 4.30. The summed E-state index contributed by atoms with van der Waals surface area (Å²) in [6, 6.07) is 14.4. The minimum absolute atomic E-state index is 0.0613. The second kappa shape index (κ2) is 7.82. The average Bonchev–Trinajstić information content (AvgIpc) is 3.11. The Hall–Kier alpha value is -3.15. The second-order valence-electron chi connectivity index (χ2n) is 6.02. The molecule has 0 aliphatic rings. The standard InChI is InChI=1S/C20H20FN3O2/c1-23(13-15-8-9-19(26-2)18(21)10-15)20(25)11-16-12-22-24(14-16)17-6-4-3-5-7-17/h3-10,12,14H,11,13H2,1-2H3. The van der Waals surface area contributed by atoms with Crippen molar-refractivity contribution in [2.75, 3.05) is 14.2 Å². The molecule has 1 heterocycles. The Bertz CT molecular complexity index is 893. The van der Waals surface area contributed by atoms with Crippen molar-refractivity contribution >= 4 is 5.91 Å². The Morgan fingerprint density at radius 1 is 1.19 bits per heavy atom. The molecule has 1 aromatic heterocycles. The molecule has 3 rings (SSSR count). The van der Waals surface area contributed by atoms with E-state index < -0.39 is 5.82 Å². The Balaban J connectivity index is 1.63. The number of hydrogen-bond acceptors (Lipinski definition) is 3. The van der Waals surface area contributed by atoms with Crippen molar-refractivity contribution in [3.05, 3.63) is 77.9 Å². The minimum atomic E-state index is -0.435. The van der Waals surface area contributed by atoms with Gasteiger partial charge in [-0.3, -0.25) is 4.79 Å². The summed E-state index contributed by atoms with van der Waals surface area (Å²) >= 11 is 0. The topological polar surface area (TPSA) is 47.4 Å². The Morgan fingerprint density at radius 2 is 1.96 bits per heavy atom. The van der Waals surface area contributed by atoms with E-state index in [-0.39, 0.29) is 18.1 Å². The first-order valence-corrected chi connectivity index (χ1v) is 8.22. The van der Waals surface area contributed by atoms with Crippen LogP contribution < -0.4 is 4.74 Å². The lowest BCUT2D eigenvalue weighted by Crippen LogP contribution is -2.27. The van der Waals surface area contributed by atoms with E-state index in [2.05, 4.69) is 5.10 Å². The Morgan fingerprint density at radius 3 is 2.65 bits per heavy atom. The maximum absolute atomic E-state index is 13.8. The van der Waals surface area contributed by atoms with Gasteiger partial charge in [0.25, 0.3) is 0 Å². The highest BCUT2D eigenvalue weighted by atomic mass is 19.1. The molecule has 0 spiro atoms. The van der Waals surface area contributed by atoms with E-state index in [1.54, 1.807) is 35.0 Å². The van der Waals surface area contributed by atoms with Crippen molar-refractivity contribution in [3.63, 3.8) is 0 Å². The van der Waals surface area contributed by atoms with E-state index in [0.717, 1.165) is 11.3 Å². The van der Waals surface area contributed by atoms with Crippen LogP contribution in [0.1, 0.15) is 11.1 Å². The molecule has 0 radical (unpaired) electrons. The molecule has 2 aromatic carbocycles. The predicted octanol–water partition coefficient (Wildman–Crippen LogP) is 3.22. The fraction of sp³-hybridized carbons (Fsp3) is 0.200. The van der Waals surface area contributed by atoms with Crippen molar-refractivity contribution in [2.45, 2.75) is 13.0 Å². The van der Waals surface area contributed by atoms with Crippen molar-refractivity contribution in [3.8, 4) is 11.4 Å². The van der Waals surface area contributed by atoms with E-state index in [9.17, 15) is 9.18 Å². The summed E-state index contributed by atoms with van der Waals surface area (Å²) in [6.45, 7) is 0.326. The molecule has 134 valence electrons. The number of halogens is 1. The van der Waals surface area contributed by atoms with Crippen LogP contribution in [-0.4, -0.2) is 34.7 Å². The molecule has 26 heavy (non-hydrogen) atoms. The molecule has 0 saturated heterocycles. The van der Waals surface area contributed by atoms with E-state index >= 15 is 0 Å². The number of amides is 1. The predicted molar refractivity (Wildman–Crippen MR) is 96.7 cm³/mol. The molecular weight excluding hydrogens is 333 g/mol. The maximum Gasteiger partial charge on any atom is 0.227 e. The van der Waals surface area contributed by atoms with Crippen LogP contribution in [0.5, 0.6) is 5.75 Å². The van der Waals surface area contributed by atoms with Gasteiger partial charge in [-0.15, -0.1) is 0 Å². The molecule has 0 bridgehead atoms. The molecule has 0 atom stereocenters. The van der Waals surface area contributed by atoms with E-state index in [4.69, 9.17) is 4.74 Å². The molecule has 0 saturated carbocycles. The number of likely N-dealkylation sites (N-methyl/N-ethyl adjacent to an activating group) is 1. The van der Waals surface area contributed by atoms with E-state index in [0.29, 0.717) is 12.1 Å². The van der Waals surface area contributed by atoms with Crippen LogP contribution in [0.15, 0.2) is 60.9 Å². The van der Waals surface area contributed by atoms with Crippen LogP contribution in [0, 0.1) is 5.82 Å². The molecule has 5 nitrogen and oxygen atoms in total. The summed E-state index contributed by atoms with van der Waals surface area (Å²) in [5.74, 6) is -0.306. The third kappa shape index (κ3) is 4.08. The van der Waals surface area contributed by atoms with Crippen molar-refractivity contribution < 1.29 is 13.9 Å². The lowest BCUT2D eigenvalue weighted by Gasteiger charge is -2.17. The second-order valence-corrected chi connectivity index (χ2v) is 6.02. The molecule has 6 heteroatoms. The van der Waals surface area contributed by atoms with Gasteiger partial charge in [-0.05, 0) is 35.4 Å². The van der Waals surface area contributed by atoms with Gasteiger partial charge in [-0.25, -0.2) is 9.07 Å². The molecule has 0 aliphatic carbocycles. The zero-order chi connectivity index (χ0) is 18.5. The molecular formula is C20H20FN3O2. The van der Waals surface area contributed by atoms with Crippen molar-refractivity contribution in [1.82, 2.24) is 14.7 Å². The highest BCUT2D eigenvalue weighted by molar-refractivity contribution is 5.78. The molecule has 0 aliphatic heterocycles. The third-order valence-electron chi connectivity index (χ3n) is 4.07. The number of hydrogen-bond donors (Lipinski definition) is 0. The van der Waals surface area contributed by atoms with Crippen LogP contribution in [-0.2, 0) is 17.8 Å². The number of benzene rings is 2. The van der Waals surface area contributed by atoms with Gasteiger partial charge in [0.15, 0.2) is 11.6 Å². The highest BCUT2D eigenvalue weighted by Gasteiger charge is 2.13. The minimum Gasteiger partial charge on any atom is -0.494 e. The first-order valence-electron chi connectivity index (χ1n) is 8.22. The molecule has 0 unspecified atom stereocenters. The quantitative estimate of drug-likeness (QED) is 0.684. The number of para-hydroxylation sites is 1. The molecule has 1 amide bonds. The van der Waals surface area contributed by atoms with Crippen LogP contribution >= 0.6 is 0 Å². The van der Waals surface area contributed by atoms with Gasteiger partial charge in [0.2, 0.25) is 5.91 Å². The molecule has 3 aromatic rings. The maximum atomic E-state index is 13.8. The van der Waals surface area contributed by atoms with Crippen LogP contribution in [0.2, 0.25) is 0 Å². The highest BCUT2D eigenvalue weighted by Crippen LogP contribution is 2.18. The molecule has 0 fully saturated rings. The van der Waals surface area contributed by atoms with Gasteiger partial charge in [0.05, 0.1) is 25.4 Å². The zero-order valence-corrected chi connectivity index (χ0v) is 14.7. The summed E-state index contributed by atoms with van der Waals surface area (Å²) in [6.07, 6.45) is 3.77. The van der Waals surface area contributed by atoms with E-state index in [1.165, 1.54) is 13.2 Å². The van der Waals surface area contributed by atoms with Gasteiger partial charge in [-0.2, -0.15) is 5.10 Å². The monoisotopic (exact) mass is 353 g/mol. The summed E-state index contributed by atoms with van der Waals surface area (Å²) in [4.78, 5) is 14.0. The SMILES string of the molecule is COc1ccc(CN(C)C(=O)Cc2cnn(-c3ccccc3)c2)cc1F. The lowest BCUT2D eigenvalue weighted by molar-refractivity contribution is -0.129. The van der Waals surface area contributed by atoms with Gasteiger partial charge < -0.3 is 9.64 Å². The van der Waals surface area contributed by atoms with Crippen molar-refractivity contribution in [1.29, 1.82) is 0 Å². The lowest BCUT2D eigenvalue weighted by atomic mass is 10.2. The first-order chi connectivity index (χ1) is 12.6. The zero-order valence-electron chi connectivity index (χ0n) is 14.7.